The zero-order valence-corrected chi connectivity index (χ0v) is 15.6. The molecule has 5 nitrogen and oxygen atoms in total. The van der Waals surface area contributed by atoms with Gasteiger partial charge in [0, 0.05) is 18.7 Å². The highest BCUT2D eigenvalue weighted by atomic mass is 16.2. The summed E-state index contributed by atoms with van der Waals surface area (Å²) in [6, 6.07) is -0.0201. The number of piperidine rings is 1. The lowest BCUT2D eigenvalue weighted by Gasteiger charge is -2.27. The normalized spacial score (nSPS) is 26.5. The third-order valence-electron chi connectivity index (χ3n) is 5.88. The number of carbonyl (C=O) groups excluding carboxylic acids is 2. The third-order valence-corrected chi connectivity index (χ3v) is 5.88. The topological polar surface area (TPSA) is 52.7 Å². The van der Waals surface area contributed by atoms with Crippen molar-refractivity contribution in [1.29, 1.82) is 0 Å². The Balaban J connectivity index is 1.39. The van der Waals surface area contributed by atoms with Crippen LogP contribution in [0.2, 0.25) is 0 Å². The average molecular weight is 348 g/mol. The van der Waals surface area contributed by atoms with E-state index in [2.05, 4.69) is 17.1 Å². The van der Waals surface area contributed by atoms with Crippen LogP contribution in [0.5, 0.6) is 0 Å². The van der Waals surface area contributed by atoms with E-state index in [0.717, 1.165) is 31.4 Å². The fourth-order valence-electron chi connectivity index (χ4n) is 4.51. The molecule has 3 aliphatic rings. The minimum atomic E-state index is -0.0539. The number of amides is 2. The Morgan fingerprint density at radius 3 is 2.76 bits per heavy atom. The van der Waals surface area contributed by atoms with Gasteiger partial charge < -0.3 is 15.1 Å². The number of hydrogen-bond donors (Lipinski definition) is 1. The number of unbranched alkanes of at least 4 members (excludes halogenated alkanes) is 2. The second kappa shape index (κ2) is 8.84. The zero-order valence-electron chi connectivity index (χ0n) is 15.6. The summed E-state index contributed by atoms with van der Waals surface area (Å²) in [6.07, 6.45) is 11.8. The van der Waals surface area contributed by atoms with E-state index in [1.165, 1.54) is 45.3 Å². The van der Waals surface area contributed by atoms with Crippen LogP contribution >= 0.6 is 0 Å². The van der Waals surface area contributed by atoms with Crippen molar-refractivity contribution < 1.29 is 9.59 Å². The van der Waals surface area contributed by atoms with Gasteiger partial charge in [-0.2, -0.15) is 0 Å². The molecule has 25 heavy (non-hydrogen) atoms. The molecule has 1 N–H and O–H groups in total. The van der Waals surface area contributed by atoms with Crippen molar-refractivity contribution in [3.05, 3.63) is 11.8 Å². The number of nitrogens with one attached hydrogen (secondary N) is 1. The molecule has 0 bridgehead atoms. The summed E-state index contributed by atoms with van der Waals surface area (Å²) in [5.74, 6) is 0.255. The van der Waals surface area contributed by atoms with Gasteiger partial charge in [0.2, 0.25) is 11.8 Å². The maximum absolute atomic E-state index is 12.7. The number of rotatable bonds is 8. The first-order valence-corrected chi connectivity index (χ1v) is 10.2. The van der Waals surface area contributed by atoms with Gasteiger partial charge in [0.25, 0.3) is 0 Å². The molecule has 3 rings (SSSR count). The number of carbonyl (C=O) groups is 2. The van der Waals surface area contributed by atoms with E-state index in [0.29, 0.717) is 13.0 Å². The van der Waals surface area contributed by atoms with Crippen molar-refractivity contribution in [3.8, 4) is 0 Å². The number of likely N-dealkylation sites (tertiary alicyclic amines) is 1. The number of fused-ring (bicyclic) bond motifs is 1. The average Bonchev–Trinajstić information content (AvgIpc) is 3.15. The Labute approximate surface area is 151 Å². The lowest BCUT2D eigenvalue weighted by molar-refractivity contribution is -0.133. The smallest absolute Gasteiger partial charge is 0.229 e. The molecule has 2 atom stereocenters. The van der Waals surface area contributed by atoms with Crippen LogP contribution in [-0.2, 0) is 9.59 Å². The molecule has 3 aliphatic heterocycles. The summed E-state index contributed by atoms with van der Waals surface area (Å²) in [4.78, 5) is 29.2. The lowest BCUT2D eigenvalue weighted by Crippen LogP contribution is -2.41. The van der Waals surface area contributed by atoms with Crippen LogP contribution in [0.3, 0.4) is 0 Å². The first kappa shape index (κ1) is 18.4. The standard InChI is InChI=1S/C20H33N3O2/c1-2-9-16-19-17(21-20(16)25)11-15-23(19)18(24)10-5-3-6-12-22-13-7-4-8-14-22/h11,16,19H,2-10,12-15H2,1H3,(H,21,25)/t16-,19-/m1/s1. The van der Waals surface area contributed by atoms with Gasteiger partial charge in [-0.15, -0.1) is 0 Å². The van der Waals surface area contributed by atoms with Gasteiger partial charge in [-0.25, -0.2) is 0 Å². The molecule has 0 aliphatic carbocycles. The molecule has 0 spiro atoms. The first-order valence-electron chi connectivity index (χ1n) is 10.2. The highest BCUT2D eigenvalue weighted by molar-refractivity contribution is 5.88. The highest BCUT2D eigenvalue weighted by Crippen LogP contribution is 2.33. The van der Waals surface area contributed by atoms with E-state index in [9.17, 15) is 9.59 Å². The molecule has 0 aromatic rings. The second-order valence-electron chi connectivity index (χ2n) is 7.75. The summed E-state index contributed by atoms with van der Waals surface area (Å²) < 4.78 is 0. The van der Waals surface area contributed by atoms with Gasteiger partial charge in [0.15, 0.2) is 0 Å². The zero-order chi connectivity index (χ0) is 17.6. The molecule has 0 aromatic carbocycles. The quantitative estimate of drug-likeness (QED) is 0.687. The van der Waals surface area contributed by atoms with Gasteiger partial charge in [-0.1, -0.05) is 26.2 Å². The maximum Gasteiger partial charge on any atom is 0.229 e. The van der Waals surface area contributed by atoms with Crippen LogP contribution in [-0.4, -0.2) is 53.8 Å². The largest absolute Gasteiger partial charge is 0.330 e. The molecule has 0 radical (unpaired) electrons. The van der Waals surface area contributed by atoms with E-state index < -0.39 is 0 Å². The molecular weight excluding hydrogens is 314 g/mol. The van der Waals surface area contributed by atoms with Crippen molar-refractivity contribution in [2.75, 3.05) is 26.2 Å². The van der Waals surface area contributed by atoms with Gasteiger partial charge in [0.1, 0.15) is 0 Å². The monoisotopic (exact) mass is 347 g/mol. The molecule has 0 unspecified atom stereocenters. The molecule has 140 valence electrons. The van der Waals surface area contributed by atoms with Crippen LogP contribution in [0.1, 0.15) is 64.7 Å². The number of hydrogen-bond acceptors (Lipinski definition) is 3. The van der Waals surface area contributed by atoms with E-state index in [1.807, 2.05) is 11.0 Å². The molecule has 2 saturated heterocycles. The van der Waals surface area contributed by atoms with E-state index in [1.54, 1.807) is 0 Å². The summed E-state index contributed by atoms with van der Waals surface area (Å²) in [5.41, 5.74) is 0.960. The Kier molecular flexibility index (Phi) is 6.51. The van der Waals surface area contributed by atoms with Crippen molar-refractivity contribution >= 4 is 11.8 Å². The summed E-state index contributed by atoms with van der Waals surface area (Å²) >= 11 is 0. The summed E-state index contributed by atoms with van der Waals surface area (Å²) in [5, 5.41) is 2.97. The molecule has 0 aromatic heterocycles. The van der Waals surface area contributed by atoms with Crippen LogP contribution < -0.4 is 5.32 Å². The van der Waals surface area contributed by atoms with Crippen LogP contribution in [0, 0.1) is 5.92 Å². The molecule has 2 amide bonds. The van der Waals surface area contributed by atoms with E-state index in [-0.39, 0.29) is 23.8 Å². The van der Waals surface area contributed by atoms with Gasteiger partial charge in [-0.05, 0) is 57.8 Å². The predicted molar refractivity (Wildman–Crippen MR) is 98.9 cm³/mol. The third kappa shape index (κ3) is 4.43. The maximum atomic E-state index is 12.7. The van der Waals surface area contributed by atoms with Crippen molar-refractivity contribution in [2.24, 2.45) is 5.92 Å². The summed E-state index contributed by atoms with van der Waals surface area (Å²) in [7, 11) is 0. The molecular formula is C20H33N3O2. The van der Waals surface area contributed by atoms with Crippen LogP contribution in [0.25, 0.3) is 0 Å². The fraction of sp³-hybridized carbons (Fsp3) is 0.800. The Hall–Kier alpha value is -1.36. The molecule has 2 fully saturated rings. The first-order chi connectivity index (χ1) is 12.2. The number of nitrogens with zero attached hydrogens (tertiary/aromatic N) is 2. The van der Waals surface area contributed by atoms with Gasteiger partial charge >= 0.3 is 0 Å². The van der Waals surface area contributed by atoms with Crippen LogP contribution in [0.15, 0.2) is 11.8 Å². The van der Waals surface area contributed by atoms with E-state index in [4.69, 9.17) is 0 Å². The Bertz CT molecular complexity index is 511. The SMILES string of the molecule is CCC[C@H]1C(=O)NC2=CCN(C(=O)CCCCCN3CCCCC3)[C@@H]21. The summed E-state index contributed by atoms with van der Waals surface area (Å²) in [6.45, 7) is 6.44. The van der Waals surface area contributed by atoms with Crippen molar-refractivity contribution in [2.45, 2.75) is 70.8 Å². The minimum Gasteiger partial charge on any atom is -0.330 e. The Morgan fingerprint density at radius 2 is 2.00 bits per heavy atom. The fourth-order valence-corrected chi connectivity index (χ4v) is 4.51. The second-order valence-corrected chi connectivity index (χ2v) is 7.75. The molecule has 0 saturated carbocycles. The minimum absolute atomic E-state index is 0.0201. The van der Waals surface area contributed by atoms with Crippen molar-refractivity contribution in [3.63, 3.8) is 0 Å². The molecule has 3 heterocycles. The van der Waals surface area contributed by atoms with E-state index >= 15 is 0 Å². The Morgan fingerprint density at radius 1 is 1.20 bits per heavy atom. The van der Waals surface area contributed by atoms with Crippen molar-refractivity contribution in [1.82, 2.24) is 15.1 Å². The molecule has 5 heteroatoms. The van der Waals surface area contributed by atoms with Gasteiger partial charge in [0.05, 0.1) is 12.0 Å². The predicted octanol–water partition coefficient (Wildman–Crippen LogP) is 2.67. The lowest BCUT2D eigenvalue weighted by atomic mass is 9.96. The van der Waals surface area contributed by atoms with Crippen LogP contribution in [0.4, 0.5) is 0 Å². The van der Waals surface area contributed by atoms with Gasteiger partial charge in [-0.3, -0.25) is 9.59 Å². The highest BCUT2D eigenvalue weighted by Gasteiger charge is 2.45.